The maximum Gasteiger partial charge on any atom is 0.418 e. The van der Waals surface area contributed by atoms with Gasteiger partial charge in [0.25, 0.3) is 0 Å². The number of likely N-dealkylation sites (tertiary alicyclic amines) is 1. The van der Waals surface area contributed by atoms with Crippen LogP contribution in [0.2, 0.25) is 0 Å². The number of halogens is 6. The standard InChI is InChI=1S/C23H26F6N6/c1-13-16(12-31-21(32-13)30-7-3-4-14-5-8-35(2)9-6-14)20-33-18-11-15(22(24,25)26)10-17(19(18)34-20)23(27,28)29/h10-12,14H,3-9H2,1-2H3,(H,33,34)(H,30,31,32). The molecule has 0 atom stereocenters. The van der Waals surface area contributed by atoms with Crippen LogP contribution in [-0.4, -0.2) is 51.5 Å². The number of aromatic amines is 1. The zero-order valence-corrected chi connectivity index (χ0v) is 19.3. The predicted octanol–water partition coefficient (Wildman–Crippen LogP) is 5.90. The quantitative estimate of drug-likeness (QED) is 0.326. The Bertz CT molecular complexity index is 1180. The van der Waals surface area contributed by atoms with E-state index >= 15 is 0 Å². The summed E-state index contributed by atoms with van der Waals surface area (Å²) in [5.74, 6) is 1.06. The maximum atomic E-state index is 13.5. The van der Waals surface area contributed by atoms with Gasteiger partial charge in [0.1, 0.15) is 11.3 Å². The van der Waals surface area contributed by atoms with E-state index in [-0.39, 0.29) is 17.4 Å². The number of hydrogen-bond donors (Lipinski definition) is 2. The summed E-state index contributed by atoms with van der Waals surface area (Å²) >= 11 is 0. The molecule has 0 saturated carbocycles. The number of benzene rings is 1. The Hall–Kier alpha value is -2.89. The molecule has 2 aromatic heterocycles. The van der Waals surface area contributed by atoms with E-state index in [0.29, 0.717) is 35.7 Å². The summed E-state index contributed by atoms with van der Waals surface area (Å²) in [5.41, 5.74) is -3.07. The molecule has 3 aromatic rings. The third-order valence-electron chi connectivity index (χ3n) is 6.36. The van der Waals surface area contributed by atoms with Gasteiger partial charge in [0.05, 0.1) is 27.9 Å². The zero-order chi connectivity index (χ0) is 25.4. The predicted molar refractivity (Wildman–Crippen MR) is 120 cm³/mol. The number of anilines is 1. The van der Waals surface area contributed by atoms with Crippen molar-refractivity contribution in [2.24, 2.45) is 5.92 Å². The van der Waals surface area contributed by atoms with Crippen molar-refractivity contribution in [3.8, 4) is 11.4 Å². The van der Waals surface area contributed by atoms with E-state index in [4.69, 9.17) is 0 Å². The fraction of sp³-hybridized carbons (Fsp3) is 0.522. The summed E-state index contributed by atoms with van der Waals surface area (Å²) in [6.45, 7) is 4.56. The van der Waals surface area contributed by atoms with Gasteiger partial charge < -0.3 is 15.2 Å². The van der Waals surface area contributed by atoms with Crippen molar-refractivity contribution in [1.82, 2.24) is 24.8 Å². The lowest BCUT2D eigenvalue weighted by molar-refractivity contribution is -0.142. The largest absolute Gasteiger partial charge is 0.418 e. The highest BCUT2D eigenvalue weighted by Crippen LogP contribution is 2.40. The zero-order valence-electron chi connectivity index (χ0n) is 19.3. The first-order valence-electron chi connectivity index (χ1n) is 11.4. The van der Waals surface area contributed by atoms with E-state index in [0.717, 1.165) is 25.9 Å². The number of hydrogen-bond acceptors (Lipinski definition) is 5. The number of fused-ring (bicyclic) bond motifs is 1. The van der Waals surface area contributed by atoms with Gasteiger partial charge in [0.2, 0.25) is 5.95 Å². The monoisotopic (exact) mass is 500 g/mol. The summed E-state index contributed by atoms with van der Waals surface area (Å²) < 4.78 is 79.8. The number of imidazole rings is 1. The lowest BCUT2D eigenvalue weighted by atomic mass is 9.92. The fourth-order valence-electron chi connectivity index (χ4n) is 4.35. The molecule has 0 spiro atoms. The third-order valence-corrected chi connectivity index (χ3v) is 6.36. The molecule has 4 rings (SSSR count). The SMILES string of the molecule is Cc1nc(NCCCC2CCN(C)CC2)ncc1-c1nc2c(C(F)(F)F)cc(C(F)(F)F)cc2[nH]1. The lowest BCUT2D eigenvalue weighted by Gasteiger charge is -2.28. The highest BCUT2D eigenvalue weighted by atomic mass is 19.4. The second-order valence-corrected chi connectivity index (χ2v) is 9.01. The molecular weight excluding hydrogens is 474 g/mol. The Labute approximate surface area is 198 Å². The molecular formula is C23H26F6N6. The maximum absolute atomic E-state index is 13.5. The molecule has 1 aliphatic heterocycles. The number of rotatable bonds is 6. The van der Waals surface area contributed by atoms with Crippen molar-refractivity contribution in [2.45, 2.75) is 45.0 Å². The Morgan fingerprint density at radius 2 is 1.77 bits per heavy atom. The van der Waals surface area contributed by atoms with Gasteiger partial charge in [-0.1, -0.05) is 0 Å². The van der Waals surface area contributed by atoms with Crippen LogP contribution in [0.15, 0.2) is 18.3 Å². The normalized spacial score (nSPS) is 16.2. The molecule has 1 fully saturated rings. The fourth-order valence-corrected chi connectivity index (χ4v) is 4.35. The highest BCUT2D eigenvalue weighted by molar-refractivity contribution is 5.84. The topological polar surface area (TPSA) is 69.7 Å². The second-order valence-electron chi connectivity index (χ2n) is 9.01. The molecule has 0 radical (unpaired) electrons. The number of nitrogens with zero attached hydrogens (tertiary/aromatic N) is 4. The minimum atomic E-state index is -5.00. The van der Waals surface area contributed by atoms with Crippen LogP contribution in [0.1, 0.15) is 42.5 Å². The summed E-state index contributed by atoms with van der Waals surface area (Å²) in [4.78, 5) is 17.4. The molecule has 0 aliphatic carbocycles. The highest BCUT2D eigenvalue weighted by Gasteiger charge is 2.39. The summed E-state index contributed by atoms with van der Waals surface area (Å²) in [5, 5.41) is 3.16. The first-order chi connectivity index (χ1) is 16.4. The van der Waals surface area contributed by atoms with Gasteiger partial charge in [-0.25, -0.2) is 15.0 Å². The molecule has 6 nitrogen and oxygen atoms in total. The molecule has 0 bridgehead atoms. The number of alkyl halides is 6. The molecule has 0 amide bonds. The Kier molecular flexibility index (Phi) is 6.94. The van der Waals surface area contributed by atoms with Crippen LogP contribution in [0.4, 0.5) is 32.3 Å². The van der Waals surface area contributed by atoms with Gasteiger partial charge >= 0.3 is 12.4 Å². The number of nitrogens with one attached hydrogen (secondary N) is 2. The van der Waals surface area contributed by atoms with Gasteiger partial charge in [-0.05, 0) is 70.8 Å². The molecule has 35 heavy (non-hydrogen) atoms. The average Bonchev–Trinajstić information content (AvgIpc) is 3.20. The first-order valence-corrected chi connectivity index (χ1v) is 11.4. The van der Waals surface area contributed by atoms with Crippen LogP contribution >= 0.6 is 0 Å². The van der Waals surface area contributed by atoms with Crippen LogP contribution in [0.25, 0.3) is 22.4 Å². The van der Waals surface area contributed by atoms with E-state index in [1.54, 1.807) is 6.92 Å². The van der Waals surface area contributed by atoms with Crippen molar-refractivity contribution in [1.29, 1.82) is 0 Å². The number of H-pyrrole nitrogens is 1. The van der Waals surface area contributed by atoms with Gasteiger partial charge in [0, 0.05) is 12.7 Å². The molecule has 0 unspecified atom stereocenters. The van der Waals surface area contributed by atoms with Crippen LogP contribution in [-0.2, 0) is 12.4 Å². The van der Waals surface area contributed by atoms with E-state index < -0.39 is 29.0 Å². The minimum absolute atomic E-state index is 0.0314. The van der Waals surface area contributed by atoms with E-state index in [1.165, 1.54) is 19.0 Å². The van der Waals surface area contributed by atoms with Gasteiger partial charge in [0.15, 0.2) is 0 Å². The summed E-state index contributed by atoms with van der Waals surface area (Å²) in [6.07, 6.45) is -4.07. The van der Waals surface area contributed by atoms with E-state index in [1.807, 2.05) is 0 Å². The first kappa shape index (κ1) is 25.2. The van der Waals surface area contributed by atoms with Crippen molar-refractivity contribution < 1.29 is 26.3 Å². The lowest BCUT2D eigenvalue weighted by Crippen LogP contribution is -2.30. The third kappa shape index (κ3) is 5.85. The minimum Gasteiger partial charge on any atom is -0.354 e. The van der Waals surface area contributed by atoms with E-state index in [9.17, 15) is 26.3 Å². The number of aryl methyl sites for hydroxylation is 1. The van der Waals surface area contributed by atoms with Crippen LogP contribution in [0.5, 0.6) is 0 Å². The van der Waals surface area contributed by atoms with E-state index in [2.05, 4.69) is 37.2 Å². The number of piperidine rings is 1. The smallest absolute Gasteiger partial charge is 0.354 e. The Morgan fingerprint density at radius 1 is 1.06 bits per heavy atom. The second kappa shape index (κ2) is 9.63. The van der Waals surface area contributed by atoms with Crippen molar-refractivity contribution in [3.05, 3.63) is 35.2 Å². The molecule has 1 saturated heterocycles. The summed E-state index contributed by atoms with van der Waals surface area (Å²) in [7, 11) is 2.13. The molecule has 12 heteroatoms. The van der Waals surface area contributed by atoms with Crippen LogP contribution in [0, 0.1) is 12.8 Å². The molecule has 1 aliphatic rings. The Balaban J connectivity index is 1.50. The molecule has 1 aromatic carbocycles. The molecule has 2 N–H and O–H groups in total. The van der Waals surface area contributed by atoms with Crippen LogP contribution < -0.4 is 5.32 Å². The van der Waals surface area contributed by atoms with Crippen molar-refractivity contribution in [3.63, 3.8) is 0 Å². The van der Waals surface area contributed by atoms with Gasteiger partial charge in [-0.3, -0.25) is 0 Å². The van der Waals surface area contributed by atoms with Gasteiger partial charge in [-0.2, -0.15) is 26.3 Å². The molecule has 3 heterocycles. The van der Waals surface area contributed by atoms with Gasteiger partial charge in [-0.15, -0.1) is 0 Å². The summed E-state index contributed by atoms with van der Waals surface area (Å²) in [6, 6.07) is 0.701. The number of aromatic nitrogens is 4. The Morgan fingerprint density at radius 3 is 2.40 bits per heavy atom. The average molecular weight is 500 g/mol. The van der Waals surface area contributed by atoms with Crippen molar-refractivity contribution >= 4 is 17.0 Å². The van der Waals surface area contributed by atoms with Crippen LogP contribution in [0.3, 0.4) is 0 Å². The molecule has 190 valence electrons. The van der Waals surface area contributed by atoms with Crippen molar-refractivity contribution in [2.75, 3.05) is 32.0 Å².